The summed E-state index contributed by atoms with van der Waals surface area (Å²) in [7, 11) is 0. The summed E-state index contributed by atoms with van der Waals surface area (Å²) in [5.41, 5.74) is -5.66. The summed E-state index contributed by atoms with van der Waals surface area (Å²) in [4.78, 5) is 41.4. The lowest BCUT2D eigenvalue weighted by Crippen LogP contribution is -2.49. The topological polar surface area (TPSA) is 101 Å². The van der Waals surface area contributed by atoms with Crippen molar-refractivity contribution in [2.45, 2.75) is 57.3 Å². The molecule has 2 atom stereocenters. The molecule has 3 aromatic carbocycles. The lowest BCUT2D eigenvalue weighted by atomic mass is 9.91. The van der Waals surface area contributed by atoms with Gasteiger partial charge < -0.3 is 15.2 Å². The van der Waals surface area contributed by atoms with Crippen molar-refractivity contribution in [2.24, 2.45) is 0 Å². The minimum Gasteiger partial charge on any atom is -0.481 e. The quantitative estimate of drug-likeness (QED) is 0.196. The molecule has 0 unspecified atom stereocenters. The van der Waals surface area contributed by atoms with Crippen LogP contribution in [0.25, 0.3) is 11.1 Å². The molecule has 0 aliphatic carbocycles. The number of carbonyl (C=O) groups is 2. The van der Waals surface area contributed by atoms with Gasteiger partial charge in [-0.15, -0.1) is 0 Å². The van der Waals surface area contributed by atoms with Crippen molar-refractivity contribution in [1.29, 1.82) is 0 Å². The van der Waals surface area contributed by atoms with Gasteiger partial charge >= 0.3 is 18.3 Å². The molecular formula is C37H30F9N3O5. The van der Waals surface area contributed by atoms with E-state index in [1.165, 1.54) is 24.8 Å². The largest absolute Gasteiger partial charge is 0.481 e. The molecule has 0 radical (unpaired) electrons. The van der Waals surface area contributed by atoms with E-state index in [0.717, 1.165) is 30.3 Å². The first-order valence-electron chi connectivity index (χ1n) is 16.4. The maximum atomic E-state index is 15.9. The van der Waals surface area contributed by atoms with Gasteiger partial charge in [0.25, 0.3) is 5.56 Å². The van der Waals surface area contributed by atoms with Crippen LogP contribution in [0, 0.1) is 25.5 Å². The maximum absolute atomic E-state index is 15.9. The van der Waals surface area contributed by atoms with Crippen LogP contribution in [-0.2, 0) is 28.4 Å². The minimum absolute atomic E-state index is 0.00483. The van der Waals surface area contributed by atoms with Gasteiger partial charge in [0.05, 0.1) is 23.6 Å². The highest BCUT2D eigenvalue weighted by molar-refractivity contribution is 5.85. The molecule has 286 valence electrons. The molecular weight excluding hydrogens is 737 g/mol. The number of rotatable bonds is 6. The first kappa shape index (κ1) is 38.4. The van der Waals surface area contributed by atoms with E-state index in [0.29, 0.717) is 16.8 Å². The fraction of sp³-hybridized carbons (Fsp3) is 0.324. The predicted molar refractivity (Wildman–Crippen MR) is 175 cm³/mol. The Morgan fingerprint density at radius 3 is 2.26 bits per heavy atom. The number of alkyl halides is 7. The van der Waals surface area contributed by atoms with Crippen LogP contribution in [0.3, 0.4) is 0 Å². The smallest absolute Gasteiger partial charge is 0.416 e. The van der Waals surface area contributed by atoms with Gasteiger partial charge in [0, 0.05) is 48.6 Å². The van der Waals surface area contributed by atoms with Crippen LogP contribution >= 0.6 is 0 Å². The maximum Gasteiger partial charge on any atom is 0.416 e. The molecule has 1 fully saturated rings. The van der Waals surface area contributed by atoms with Crippen LogP contribution in [0.1, 0.15) is 57.4 Å². The molecule has 2 aliphatic heterocycles. The van der Waals surface area contributed by atoms with Crippen LogP contribution in [0.2, 0.25) is 0 Å². The Kier molecular flexibility index (Phi) is 10.1. The van der Waals surface area contributed by atoms with E-state index in [1.807, 2.05) is 0 Å². The SMILES string of the molecule is Cc1cc2cc(c1F)[C@@H](CC(=O)O)NC(=O)[C@H](n1cc(CCN3CC(F)C3)c(C(F)(F)F)cc1=O)c1cc(ccc1F)Oc1cc(C(F)(F)F)cc(C)c1-2. The zero-order valence-corrected chi connectivity index (χ0v) is 28.3. The third kappa shape index (κ3) is 7.67. The van der Waals surface area contributed by atoms with Crippen molar-refractivity contribution in [2.75, 3.05) is 19.6 Å². The number of aliphatic carboxylic acids is 1. The number of ether oxygens (including phenoxy) is 1. The van der Waals surface area contributed by atoms with Gasteiger partial charge in [-0.2, -0.15) is 26.3 Å². The summed E-state index contributed by atoms with van der Waals surface area (Å²) in [6, 6.07) is 2.73. The molecule has 2 aliphatic rings. The van der Waals surface area contributed by atoms with Crippen molar-refractivity contribution in [1.82, 2.24) is 14.8 Å². The van der Waals surface area contributed by atoms with E-state index in [2.05, 4.69) is 5.32 Å². The Hall–Kier alpha value is -5.32. The predicted octanol–water partition coefficient (Wildman–Crippen LogP) is 7.67. The van der Waals surface area contributed by atoms with Gasteiger partial charge in [0.1, 0.15) is 35.3 Å². The average molecular weight is 768 g/mol. The van der Waals surface area contributed by atoms with Crippen molar-refractivity contribution >= 4 is 11.9 Å². The number of aromatic nitrogens is 1. The number of carbonyl (C=O) groups excluding carboxylic acids is 1. The molecule has 54 heavy (non-hydrogen) atoms. The zero-order chi connectivity index (χ0) is 39.4. The monoisotopic (exact) mass is 767 g/mol. The average Bonchev–Trinajstić information content (AvgIpc) is 3.04. The molecule has 1 aromatic heterocycles. The number of likely N-dealkylation sites (tertiary alicyclic amines) is 1. The van der Waals surface area contributed by atoms with Crippen molar-refractivity contribution in [3.05, 3.63) is 116 Å². The zero-order valence-electron chi connectivity index (χ0n) is 28.3. The third-order valence-electron chi connectivity index (χ3n) is 9.36. The molecule has 4 bridgehead atoms. The van der Waals surface area contributed by atoms with Gasteiger partial charge in [0.2, 0.25) is 5.91 Å². The lowest BCUT2D eigenvalue weighted by Gasteiger charge is -2.34. The molecule has 0 spiro atoms. The number of amides is 1. The number of carboxylic acids is 1. The molecule has 1 amide bonds. The second-order valence-electron chi connectivity index (χ2n) is 13.3. The van der Waals surface area contributed by atoms with E-state index in [-0.39, 0.29) is 53.7 Å². The number of nitrogens with one attached hydrogen (secondary N) is 1. The van der Waals surface area contributed by atoms with Crippen LogP contribution < -0.4 is 15.6 Å². The van der Waals surface area contributed by atoms with Crippen LogP contribution in [0.15, 0.2) is 59.5 Å². The van der Waals surface area contributed by atoms with Crippen molar-refractivity contribution in [3.63, 3.8) is 0 Å². The van der Waals surface area contributed by atoms with E-state index >= 15 is 8.78 Å². The Bertz CT molecular complexity index is 2210. The highest BCUT2D eigenvalue weighted by Gasteiger charge is 2.38. The molecule has 17 heteroatoms. The first-order chi connectivity index (χ1) is 25.2. The molecule has 4 aromatic rings. The molecule has 2 N–H and O–H groups in total. The van der Waals surface area contributed by atoms with E-state index in [1.54, 1.807) is 0 Å². The highest BCUT2D eigenvalue weighted by atomic mass is 19.4. The fourth-order valence-electron chi connectivity index (χ4n) is 6.79. The van der Waals surface area contributed by atoms with Crippen LogP contribution in [0.4, 0.5) is 39.5 Å². The molecule has 6 rings (SSSR count). The molecule has 3 heterocycles. The standard InChI is InChI=1S/C37H30F9N3O5/c1-17-8-21(36(41,42)43)10-29-32(17)20-7-18(2)33(40)25(9-20)28(13-31(51)52)47-35(53)34(24-11-23(54-29)3-4-27(24)39)49-14-19(5-6-48-15-22(38)16-48)26(12-30(49)50)37(44,45)46/h3-4,7-12,14,22,28,34H,5-6,13,15-16H2,1-2H3,(H,47,53)(H,51,52)/t28-,34-/m1/s1. The number of carboxylic acid groups (broad SMARTS) is 1. The molecule has 0 saturated carbocycles. The highest BCUT2D eigenvalue weighted by Crippen LogP contribution is 2.44. The van der Waals surface area contributed by atoms with Gasteiger partial charge in [-0.3, -0.25) is 23.9 Å². The number of hydrogen-bond acceptors (Lipinski definition) is 5. The number of aryl methyl sites for hydroxylation is 2. The van der Waals surface area contributed by atoms with E-state index in [9.17, 15) is 50.2 Å². The number of fused-ring (bicyclic) bond motifs is 6. The van der Waals surface area contributed by atoms with E-state index < -0.39 is 106 Å². The normalized spacial score (nSPS) is 18.0. The van der Waals surface area contributed by atoms with Gasteiger partial charge in [-0.05, 0) is 85.0 Å². The summed E-state index contributed by atoms with van der Waals surface area (Å²) in [5, 5.41) is 12.1. The molecule has 1 saturated heterocycles. The van der Waals surface area contributed by atoms with Gasteiger partial charge in [0.15, 0.2) is 0 Å². The van der Waals surface area contributed by atoms with Gasteiger partial charge in [-0.1, -0.05) is 0 Å². The third-order valence-corrected chi connectivity index (χ3v) is 9.36. The number of hydrogen-bond donors (Lipinski definition) is 2. The Morgan fingerprint density at radius 2 is 1.63 bits per heavy atom. The lowest BCUT2D eigenvalue weighted by molar-refractivity contribution is -0.139. The number of nitrogens with zero attached hydrogens (tertiary/aromatic N) is 2. The van der Waals surface area contributed by atoms with Crippen molar-refractivity contribution < 1.29 is 58.9 Å². The van der Waals surface area contributed by atoms with Crippen molar-refractivity contribution in [3.8, 4) is 22.6 Å². The fourth-order valence-corrected chi connectivity index (χ4v) is 6.79. The second-order valence-corrected chi connectivity index (χ2v) is 13.3. The minimum atomic E-state index is -5.06. The van der Waals surface area contributed by atoms with E-state index in [4.69, 9.17) is 4.74 Å². The summed E-state index contributed by atoms with van der Waals surface area (Å²) in [6.45, 7) is 2.45. The van der Waals surface area contributed by atoms with Crippen LogP contribution in [-0.4, -0.2) is 52.3 Å². The van der Waals surface area contributed by atoms with Gasteiger partial charge in [-0.25, -0.2) is 13.2 Å². The molecule has 8 nitrogen and oxygen atoms in total. The number of pyridine rings is 1. The Morgan fingerprint density at radius 1 is 0.926 bits per heavy atom. The second kappa shape index (κ2) is 14.2. The first-order valence-corrected chi connectivity index (χ1v) is 16.4. The Labute approximate surface area is 300 Å². The van der Waals surface area contributed by atoms with Crippen LogP contribution in [0.5, 0.6) is 11.5 Å². The Balaban J connectivity index is 1.62. The number of benzene rings is 3. The summed E-state index contributed by atoms with van der Waals surface area (Å²) >= 11 is 0. The summed E-state index contributed by atoms with van der Waals surface area (Å²) < 4.78 is 136. The number of halogens is 9. The summed E-state index contributed by atoms with van der Waals surface area (Å²) in [6.07, 6.45) is -11.8. The summed E-state index contributed by atoms with van der Waals surface area (Å²) in [5.74, 6) is -5.92.